The molecular formula is C11H19NO2. The Balaban J connectivity index is 3.62. The van der Waals surface area contributed by atoms with Crippen molar-refractivity contribution in [1.82, 2.24) is 0 Å². The summed E-state index contributed by atoms with van der Waals surface area (Å²) in [5.41, 5.74) is 0.503. The second kappa shape index (κ2) is 5.58. The minimum absolute atomic E-state index is 0.0817. The van der Waals surface area contributed by atoms with Gasteiger partial charge in [0.1, 0.15) is 6.61 Å². The molecule has 0 radical (unpaired) electrons. The molecule has 0 saturated carbocycles. The van der Waals surface area contributed by atoms with Crippen molar-refractivity contribution in [2.45, 2.75) is 27.7 Å². The van der Waals surface area contributed by atoms with Crippen LogP contribution in [-0.4, -0.2) is 25.3 Å². The first-order chi connectivity index (χ1) is 6.33. The van der Waals surface area contributed by atoms with Gasteiger partial charge in [0, 0.05) is 11.8 Å². The molecule has 0 N–H and O–H groups in total. The molecule has 0 spiro atoms. The van der Waals surface area contributed by atoms with Crippen LogP contribution in [0.1, 0.15) is 27.7 Å². The predicted molar refractivity (Wildman–Crippen MR) is 58.6 cm³/mol. The lowest BCUT2D eigenvalue weighted by Crippen LogP contribution is -2.10. The maximum Gasteiger partial charge on any atom is 0.333 e. The molecule has 0 aliphatic carbocycles. The summed E-state index contributed by atoms with van der Waals surface area (Å²) in [5.74, 6) is -0.351. The van der Waals surface area contributed by atoms with Crippen LogP contribution in [-0.2, 0) is 9.53 Å². The van der Waals surface area contributed by atoms with Crippen molar-refractivity contribution in [3.8, 4) is 0 Å². The van der Waals surface area contributed by atoms with Crippen LogP contribution in [0.4, 0.5) is 0 Å². The third-order valence-electron chi connectivity index (χ3n) is 1.28. The Labute approximate surface area is 85.9 Å². The Hall–Kier alpha value is -1.12. The van der Waals surface area contributed by atoms with Gasteiger partial charge in [0.05, 0.1) is 6.54 Å². The third-order valence-corrected chi connectivity index (χ3v) is 1.28. The van der Waals surface area contributed by atoms with Gasteiger partial charge in [0.25, 0.3) is 0 Å². The number of hydrogen-bond donors (Lipinski definition) is 0. The van der Waals surface area contributed by atoms with E-state index in [1.807, 2.05) is 6.21 Å². The van der Waals surface area contributed by atoms with Gasteiger partial charge in [0.15, 0.2) is 0 Å². The lowest BCUT2D eigenvalue weighted by atomic mass is 9.99. The zero-order valence-corrected chi connectivity index (χ0v) is 9.46. The van der Waals surface area contributed by atoms with Crippen LogP contribution in [0.2, 0.25) is 0 Å². The number of carbonyl (C=O) groups is 1. The van der Waals surface area contributed by atoms with Gasteiger partial charge in [-0.1, -0.05) is 27.4 Å². The number of carbonyl (C=O) groups excluding carboxylic acids is 1. The molecule has 14 heavy (non-hydrogen) atoms. The van der Waals surface area contributed by atoms with Gasteiger partial charge < -0.3 is 4.74 Å². The van der Waals surface area contributed by atoms with Crippen LogP contribution in [0, 0.1) is 5.41 Å². The first-order valence-corrected chi connectivity index (χ1v) is 4.66. The van der Waals surface area contributed by atoms with Crippen molar-refractivity contribution in [1.29, 1.82) is 0 Å². The topological polar surface area (TPSA) is 38.7 Å². The largest absolute Gasteiger partial charge is 0.460 e. The zero-order valence-electron chi connectivity index (χ0n) is 9.46. The van der Waals surface area contributed by atoms with Crippen molar-refractivity contribution in [3.05, 3.63) is 12.2 Å². The Bertz CT molecular complexity index is 236. The number of esters is 1. The van der Waals surface area contributed by atoms with Gasteiger partial charge >= 0.3 is 5.97 Å². The van der Waals surface area contributed by atoms with Gasteiger partial charge in [-0.25, -0.2) is 4.79 Å². The second-order valence-corrected chi connectivity index (χ2v) is 4.32. The van der Waals surface area contributed by atoms with E-state index in [9.17, 15) is 4.79 Å². The molecule has 0 amide bonds. The van der Waals surface area contributed by atoms with E-state index in [1.54, 1.807) is 6.92 Å². The highest BCUT2D eigenvalue weighted by molar-refractivity contribution is 5.86. The molecule has 0 unspecified atom stereocenters. The summed E-state index contributed by atoms with van der Waals surface area (Å²) >= 11 is 0. The van der Waals surface area contributed by atoms with Gasteiger partial charge in [-0.05, 0) is 12.3 Å². The Morgan fingerprint density at radius 3 is 2.50 bits per heavy atom. The fourth-order valence-electron chi connectivity index (χ4n) is 0.653. The lowest BCUT2D eigenvalue weighted by Gasteiger charge is -2.09. The van der Waals surface area contributed by atoms with E-state index in [0.717, 1.165) is 0 Å². The monoisotopic (exact) mass is 197 g/mol. The minimum atomic E-state index is -0.351. The van der Waals surface area contributed by atoms with E-state index < -0.39 is 0 Å². The molecule has 0 saturated heterocycles. The number of ether oxygens (including phenoxy) is 1. The number of nitrogens with zero attached hydrogens (tertiary/aromatic N) is 1. The first kappa shape index (κ1) is 12.9. The van der Waals surface area contributed by atoms with Gasteiger partial charge in [-0.2, -0.15) is 0 Å². The lowest BCUT2D eigenvalue weighted by molar-refractivity contribution is -0.138. The molecule has 0 atom stereocenters. The molecule has 80 valence electrons. The highest BCUT2D eigenvalue weighted by Gasteiger charge is 2.04. The highest BCUT2D eigenvalue weighted by Crippen LogP contribution is 2.07. The van der Waals surface area contributed by atoms with E-state index in [-0.39, 0.29) is 11.4 Å². The molecule has 0 aliphatic rings. The smallest absolute Gasteiger partial charge is 0.333 e. The summed E-state index contributed by atoms with van der Waals surface area (Å²) in [6, 6.07) is 0. The van der Waals surface area contributed by atoms with E-state index in [1.165, 1.54) is 0 Å². The molecule has 0 aromatic rings. The fourth-order valence-corrected chi connectivity index (χ4v) is 0.653. The highest BCUT2D eigenvalue weighted by atomic mass is 16.5. The minimum Gasteiger partial charge on any atom is -0.460 e. The van der Waals surface area contributed by atoms with Gasteiger partial charge in [-0.3, -0.25) is 4.99 Å². The summed E-state index contributed by atoms with van der Waals surface area (Å²) in [4.78, 5) is 15.1. The molecule has 0 fully saturated rings. The van der Waals surface area contributed by atoms with Crippen molar-refractivity contribution in [3.63, 3.8) is 0 Å². The predicted octanol–water partition coefficient (Wildman–Crippen LogP) is 2.22. The molecular weight excluding hydrogens is 178 g/mol. The average molecular weight is 197 g/mol. The fraction of sp³-hybridized carbons (Fsp3) is 0.636. The average Bonchev–Trinajstić information content (AvgIpc) is 2.01. The number of rotatable bonds is 4. The SMILES string of the molecule is C=C(C)C(=O)OCC/N=C/C(C)(C)C. The zero-order chi connectivity index (χ0) is 11.2. The van der Waals surface area contributed by atoms with Crippen molar-refractivity contribution < 1.29 is 9.53 Å². The van der Waals surface area contributed by atoms with Crippen molar-refractivity contribution in [2.75, 3.05) is 13.2 Å². The van der Waals surface area contributed by atoms with Crippen molar-refractivity contribution >= 4 is 12.2 Å². The van der Waals surface area contributed by atoms with Crippen LogP contribution < -0.4 is 0 Å². The second-order valence-electron chi connectivity index (χ2n) is 4.32. The maximum atomic E-state index is 10.9. The standard InChI is InChI=1S/C11H19NO2/c1-9(2)10(13)14-7-6-12-8-11(3,4)5/h8H,1,6-7H2,2-5H3/b12-8+. The third kappa shape index (κ3) is 7.53. The Kier molecular flexibility index (Phi) is 5.13. The van der Waals surface area contributed by atoms with Crippen molar-refractivity contribution in [2.24, 2.45) is 10.4 Å². The maximum absolute atomic E-state index is 10.9. The molecule has 3 nitrogen and oxygen atoms in total. The Morgan fingerprint density at radius 2 is 2.07 bits per heavy atom. The quantitative estimate of drug-likeness (QED) is 0.300. The van der Waals surface area contributed by atoms with E-state index in [4.69, 9.17) is 4.74 Å². The van der Waals surface area contributed by atoms with Gasteiger partial charge in [0.2, 0.25) is 0 Å². The summed E-state index contributed by atoms with van der Waals surface area (Å²) in [7, 11) is 0. The molecule has 0 aromatic heterocycles. The number of aliphatic imine (C=N–C) groups is 1. The van der Waals surface area contributed by atoms with E-state index in [2.05, 4.69) is 32.3 Å². The summed E-state index contributed by atoms with van der Waals surface area (Å²) in [6.45, 7) is 12.1. The normalized spacial score (nSPS) is 11.7. The molecule has 0 aromatic carbocycles. The molecule has 0 aliphatic heterocycles. The summed E-state index contributed by atoms with van der Waals surface area (Å²) < 4.78 is 4.87. The summed E-state index contributed by atoms with van der Waals surface area (Å²) in [5, 5.41) is 0. The molecule has 0 rings (SSSR count). The van der Waals surface area contributed by atoms with E-state index in [0.29, 0.717) is 18.7 Å². The van der Waals surface area contributed by atoms with Crippen LogP contribution in [0.5, 0.6) is 0 Å². The van der Waals surface area contributed by atoms with Crippen LogP contribution in [0.15, 0.2) is 17.1 Å². The van der Waals surface area contributed by atoms with Crippen LogP contribution >= 0.6 is 0 Å². The molecule has 3 heteroatoms. The van der Waals surface area contributed by atoms with Crippen LogP contribution in [0.3, 0.4) is 0 Å². The molecule has 0 bridgehead atoms. The Morgan fingerprint density at radius 1 is 1.50 bits per heavy atom. The van der Waals surface area contributed by atoms with E-state index >= 15 is 0 Å². The number of hydrogen-bond acceptors (Lipinski definition) is 3. The van der Waals surface area contributed by atoms with Gasteiger partial charge in [-0.15, -0.1) is 0 Å². The summed E-state index contributed by atoms with van der Waals surface area (Å²) in [6.07, 6.45) is 1.86. The first-order valence-electron chi connectivity index (χ1n) is 4.66. The van der Waals surface area contributed by atoms with Crippen LogP contribution in [0.25, 0.3) is 0 Å². The molecule has 0 heterocycles.